The number of carbonyl (C=O) groups is 1. The zero-order valence-corrected chi connectivity index (χ0v) is 11.7. The second-order valence-corrected chi connectivity index (χ2v) is 5.27. The lowest BCUT2D eigenvalue weighted by atomic mass is 10.2. The molecule has 2 aromatic heterocycles. The molecule has 2 heterocycles. The SMILES string of the molecule is CCOc1oc(-c2cc3ccc(F)cc3s2)nc1C(=O)O. The van der Waals surface area contributed by atoms with Crippen LogP contribution in [0.25, 0.3) is 20.9 Å². The average Bonchev–Trinajstić information content (AvgIpc) is 3.02. The Morgan fingerprint density at radius 3 is 3.00 bits per heavy atom. The highest BCUT2D eigenvalue weighted by molar-refractivity contribution is 7.22. The van der Waals surface area contributed by atoms with Gasteiger partial charge in [-0.2, -0.15) is 4.98 Å². The molecule has 0 saturated carbocycles. The Bertz CT molecular complexity index is 824. The number of carboxylic acid groups (broad SMARTS) is 1. The van der Waals surface area contributed by atoms with E-state index in [9.17, 15) is 9.18 Å². The summed E-state index contributed by atoms with van der Waals surface area (Å²) in [7, 11) is 0. The molecule has 108 valence electrons. The van der Waals surface area contributed by atoms with E-state index in [0.717, 1.165) is 10.1 Å². The first-order valence-corrected chi connectivity index (χ1v) is 6.96. The Balaban J connectivity index is 2.09. The third kappa shape index (κ3) is 2.47. The predicted molar refractivity (Wildman–Crippen MR) is 75.4 cm³/mol. The molecule has 0 fully saturated rings. The summed E-state index contributed by atoms with van der Waals surface area (Å²) >= 11 is 1.27. The van der Waals surface area contributed by atoms with Crippen LogP contribution in [0.15, 0.2) is 28.7 Å². The van der Waals surface area contributed by atoms with Gasteiger partial charge in [-0.1, -0.05) is 6.07 Å². The van der Waals surface area contributed by atoms with Gasteiger partial charge in [0.1, 0.15) is 5.82 Å². The highest BCUT2D eigenvalue weighted by Gasteiger charge is 2.22. The second kappa shape index (κ2) is 5.17. The van der Waals surface area contributed by atoms with Gasteiger partial charge >= 0.3 is 11.9 Å². The molecule has 0 radical (unpaired) electrons. The Morgan fingerprint density at radius 2 is 2.29 bits per heavy atom. The molecule has 0 unspecified atom stereocenters. The summed E-state index contributed by atoms with van der Waals surface area (Å²) in [6.45, 7) is 1.99. The van der Waals surface area contributed by atoms with Gasteiger partial charge in [-0.25, -0.2) is 9.18 Å². The third-order valence-electron chi connectivity index (χ3n) is 2.77. The number of thiophene rings is 1. The molecule has 7 heteroatoms. The number of aromatic nitrogens is 1. The number of hydrogen-bond donors (Lipinski definition) is 1. The summed E-state index contributed by atoms with van der Waals surface area (Å²) in [5.74, 6) is -1.52. The van der Waals surface area contributed by atoms with Gasteiger partial charge in [0, 0.05) is 4.70 Å². The smallest absolute Gasteiger partial charge is 0.362 e. The Morgan fingerprint density at radius 1 is 1.48 bits per heavy atom. The van der Waals surface area contributed by atoms with Crippen LogP contribution >= 0.6 is 11.3 Å². The summed E-state index contributed by atoms with van der Waals surface area (Å²) in [5.41, 5.74) is -0.268. The number of aromatic carboxylic acids is 1. The van der Waals surface area contributed by atoms with Crippen molar-refractivity contribution in [2.24, 2.45) is 0 Å². The number of fused-ring (bicyclic) bond motifs is 1. The topological polar surface area (TPSA) is 72.6 Å². The van der Waals surface area contributed by atoms with Crippen LogP contribution in [0.2, 0.25) is 0 Å². The number of benzene rings is 1. The fourth-order valence-corrected chi connectivity index (χ4v) is 2.90. The summed E-state index contributed by atoms with van der Waals surface area (Å²) in [5, 5.41) is 9.92. The van der Waals surface area contributed by atoms with E-state index < -0.39 is 5.97 Å². The summed E-state index contributed by atoms with van der Waals surface area (Å²) < 4.78 is 24.4. The van der Waals surface area contributed by atoms with Crippen molar-refractivity contribution >= 4 is 27.4 Å². The van der Waals surface area contributed by atoms with Crippen molar-refractivity contribution in [2.45, 2.75) is 6.92 Å². The highest BCUT2D eigenvalue weighted by atomic mass is 32.1. The number of halogens is 1. The van der Waals surface area contributed by atoms with E-state index in [-0.39, 0.29) is 30.0 Å². The van der Waals surface area contributed by atoms with Crippen LogP contribution in [0, 0.1) is 5.82 Å². The number of nitrogens with zero attached hydrogens (tertiary/aromatic N) is 1. The van der Waals surface area contributed by atoms with Crippen molar-refractivity contribution in [3.05, 3.63) is 35.8 Å². The van der Waals surface area contributed by atoms with E-state index >= 15 is 0 Å². The molecule has 5 nitrogen and oxygen atoms in total. The minimum absolute atomic E-state index is 0.122. The molecule has 0 bridgehead atoms. The van der Waals surface area contributed by atoms with Crippen LogP contribution in [0.4, 0.5) is 4.39 Å². The van der Waals surface area contributed by atoms with E-state index in [1.54, 1.807) is 19.1 Å². The minimum atomic E-state index is -1.22. The maximum absolute atomic E-state index is 13.2. The molecule has 0 aliphatic carbocycles. The molecule has 0 spiro atoms. The maximum atomic E-state index is 13.2. The van der Waals surface area contributed by atoms with Gasteiger partial charge in [0.2, 0.25) is 11.6 Å². The Labute approximate surface area is 122 Å². The summed E-state index contributed by atoms with van der Waals surface area (Å²) in [6.07, 6.45) is 0. The zero-order valence-electron chi connectivity index (χ0n) is 10.9. The van der Waals surface area contributed by atoms with Crippen molar-refractivity contribution in [1.29, 1.82) is 0 Å². The van der Waals surface area contributed by atoms with E-state index in [2.05, 4.69) is 4.98 Å². The van der Waals surface area contributed by atoms with Gasteiger partial charge in [0.15, 0.2) is 0 Å². The first kappa shape index (κ1) is 13.6. The zero-order chi connectivity index (χ0) is 15.0. The van der Waals surface area contributed by atoms with Gasteiger partial charge in [-0.3, -0.25) is 0 Å². The van der Waals surface area contributed by atoms with Crippen LogP contribution in [-0.2, 0) is 0 Å². The molecule has 1 N–H and O–H groups in total. The van der Waals surface area contributed by atoms with Gasteiger partial charge < -0.3 is 14.3 Å². The van der Waals surface area contributed by atoms with Crippen LogP contribution in [-0.4, -0.2) is 22.7 Å². The van der Waals surface area contributed by atoms with Gasteiger partial charge in [0.25, 0.3) is 0 Å². The van der Waals surface area contributed by atoms with Crippen molar-refractivity contribution < 1.29 is 23.4 Å². The first-order valence-electron chi connectivity index (χ1n) is 6.15. The van der Waals surface area contributed by atoms with Crippen LogP contribution in [0.3, 0.4) is 0 Å². The lowest BCUT2D eigenvalue weighted by molar-refractivity contribution is 0.0683. The summed E-state index contributed by atoms with van der Waals surface area (Å²) in [6, 6.07) is 6.19. The van der Waals surface area contributed by atoms with Crippen molar-refractivity contribution in [3.63, 3.8) is 0 Å². The van der Waals surface area contributed by atoms with E-state index in [1.165, 1.54) is 23.5 Å². The Hall–Kier alpha value is -2.41. The minimum Gasteiger partial charge on any atom is -0.476 e. The molecule has 0 amide bonds. The van der Waals surface area contributed by atoms with Crippen molar-refractivity contribution in [2.75, 3.05) is 6.61 Å². The second-order valence-electron chi connectivity index (χ2n) is 4.19. The molecular formula is C14H10FNO4S. The van der Waals surface area contributed by atoms with E-state index in [0.29, 0.717) is 4.88 Å². The average molecular weight is 307 g/mol. The molecule has 0 atom stereocenters. The molecule has 0 saturated heterocycles. The molecule has 3 rings (SSSR count). The van der Waals surface area contributed by atoms with Gasteiger partial charge in [-0.05, 0) is 30.5 Å². The maximum Gasteiger partial charge on any atom is 0.362 e. The number of hydrogen-bond acceptors (Lipinski definition) is 5. The lowest BCUT2D eigenvalue weighted by Crippen LogP contribution is -2.01. The van der Waals surface area contributed by atoms with Crippen LogP contribution < -0.4 is 4.74 Å². The molecule has 3 aromatic rings. The number of rotatable bonds is 4. The van der Waals surface area contributed by atoms with Crippen molar-refractivity contribution in [3.8, 4) is 16.7 Å². The number of carboxylic acids is 1. The van der Waals surface area contributed by atoms with E-state index in [4.69, 9.17) is 14.3 Å². The third-order valence-corrected chi connectivity index (χ3v) is 3.85. The fourth-order valence-electron chi connectivity index (χ4n) is 1.89. The molecule has 0 aliphatic rings. The monoisotopic (exact) mass is 307 g/mol. The standard InChI is InChI=1S/C14H10FNO4S/c1-2-19-14-11(13(17)18)16-12(20-14)10-5-7-3-4-8(15)6-9(7)21-10/h3-6H,2H2,1H3,(H,17,18). The Kier molecular flexibility index (Phi) is 3.34. The molecule has 1 aromatic carbocycles. The number of oxazole rings is 1. The van der Waals surface area contributed by atoms with Crippen molar-refractivity contribution in [1.82, 2.24) is 4.98 Å². The highest BCUT2D eigenvalue weighted by Crippen LogP contribution is 2.36. The van der Waals surface area contributed by atoms with E-state index in [1.807, 2.05) is 0 Å². The van der Waals surface area contributed by atoms with Gasteiger partial charge in [0.05, 0.1) is 11.5 Å². The molecule has 21 heavy (non-hydrogen) atoms. The summed E-state index contributed by atoms with van der Waals surface area (Å²) in [4.78, 5) is 15.7. The quantitative estimate of drug-likeness (QED) is 0.794. The van der Waals surface area contributed by atoms with Crippen LogP contribution in [0.5, 0.6) is 5.95 Å². The number of ether oxygens (including phenoxy) is 1. The first-order chi connectivity index (χ1) is 10.1. The molecule has 0 aliphatic heterocycles. The van der Waals surface area contributed by atoms with Crippen LogP contribution in [0.1, 0.15) is 17.4 Å². The lowest BCUT2D eigenvalue weighted by Gasteiger charge is -1.96. The van der Waals surface area contributed by atoms with Gasteiger partial charge in [-0.15, -0.1) is 11.3 Å². The molecular weight excluding hydrogens is 297 g/mol. The largest absolute Gasteiger partial charge is 0.476 e. The predicted octanol–water partition coefficient (Wildman–Crippen LogP) is 3.79. The fraction of sp³-hybridized carbons (Fsp3) is 0.143. The normalized spacial score (nSPS) is 11.0.